The Hall–Kier alpha value is -0.960. The van der Waals surface area contributed by atoms with E-state index in [4.69, 9.17) is 0 Å². The Morgan fingerprint density at radius 3 is 2.39 bits per heavy atom. The number of hydrogen-bond donors (Lipinski definition) is 1. The van der Waals surface area contributed by atoms with Crippen LogP contribution in [0.15, 0.2) is 18.2 Å². The Balaban J connectivity index is 2.18. The molecular formula is C15H21F2N. The SMILES string of the molecule is CCC1CCC(C(NC)c2cc(F)cc(F)c2)C1. The summed E-state index contributed by atoms with van der Waals surface area (Å²) in [6.45, 7) is 2.21. The van der Waals surface area contributed by atoms with E-state index in [-0.39, 0.29) is 6.04 Å². The van der Waals surface area contributed by atoms with Crippen LogP contribution in [0.1, 0.15) is 44.2 Å². The van der Waals surface area contributed by atoms with Gasteiger partial charge in [-0.25, -0.2) is 8.78 Å². The Bertz CT molecular complexity index is 385. The summed E-state index contributed by atoms with van der Waals surface area (Å²) < 4.78 is 26.6. The number of halogens is 2. The van der Waals surface area contributed by atoms with Crippen LogP contribution in [0.2, 0.25) is 0 Å². The summed E-state index contributed by atoms with van der Waals surface area (Å²) in [5.41, 5.74) is 0.733. The minimum absolute atomic E-state index is 0.0618. The maximum Gasteiger partial charge on any atom is 0.126 e. The second-order valence-electron chi connectivity index (χ2n) is 5.32. The van der Waals surface area contributed by atoms with Gasteiger partial charge in [-0.05, 0) is 49.4 Å². The van der Waals surface area contributed by atoms with E-state index in [2.05, 4.69) is 12.2 Å². The highest BCUT2D eigenvalue weighted by Crippen LogP contribution is 2.40. The Morgan fingerprint density at radius 2 is 1.89 bits per heavy atom. The minimum atomic E-state index is -0.490. The molecule has 1 saturated carbocycles. The van der Waals surface area contributed by atoms with Gasteiger partial charge in [-0.15, -0.1) is 0 Å². The number of benzene rings is 1. The fraction of sp³-hybridized carbons (Fsp3) is 0.600. The van der Waals surface area contributed by atoms with Gasteiger partial charge >= 0.3 is 0 Å². The average molecular weight is 253 g/mol. The van der Waals surface area contributed by atoms with E-state index in [0.29, 0.717) is 5.92 Å². The van der Waals surface area contributed by atoms with Gasteiger partial charge in [0.1, 0.15) is 11.6 Å². The van der Waals surface area contributed by atoms with Crippen LogP contribution in [0.4, 0.5) is 8.78 Å². The summed E-state index contributed by atoms with van der Waals surface area (Å²) in [7, 11) is 1.87. The molecule has 3 atom stereocenters. The summed E-state index contributed by atoms with van der Waals surface area (Å²) >= 11 is 0. The molecule has 1 fully saturated rings. The van der Waals surface area contributed by atoms with Crippen molar-refractivity contribution in [3.8, 4) is 0 Å². The predicted molar refractivity (Wildman–Crippen MR) is 69.3 cm³/mol. The lowest BCUT2D eigenvalue weighted by Crippen LogP contribution is -2.24. The topological polar surface area (TPSA) is 12.0 Å². The normalized spacial score (nSPS) is 25.3. The molecule has 1 N–H and O–H groups in total. The molecule has 2 rings (SSSR count). The molecule has 0 aromatic heterocycles. The van der Waals surface area contributed by atoms with Gasteiger partial charge in [0.25, 0.3) is 0 Å². The van der Waals surface area contributed by atoms with Gasteiger partial charge in [0.15, 0.2) is 0 Å². The van der Waals surface area contributed by atoms with Crippen molar-refractivity contribution in [1.29, 1.82) is 0 Å². The van der Waals surface area contributed by atoms with Crippen molar-refractivity contribution in [2.75, 3.05) is 7.05 Å². The first-order chi connectivity index (χ1) is 8.63. The van der Waals surface area contributed by atoms with Crippen LogP contribution in [0, 0.1) is 23.5 Å². The average Bonchev–Trinajstić information content (AvgIpc) is 2.77. The van der Waals surface area contributed by atoms with Gasteiger partial charge in [-0.3, -0.25) is 0 Å². The zero-order valence-corrected chi connectivity index (χ0v) is 11.0. The zero-order valence-electron chi connectivity index (χ0n) is 11.0. The first-order valence-electron chi connectivity index (χ1n) is 6.77. The summed E-state index contributed by atoms with van der Waals surface area (Å²) in [5, 5.41) is 3.23. The molecule has 0 bridgehead atoms. The van der Waals surface area contributed by atoms with Gasteiger partial charge in [0, 0.05) is 12.1 Å². The third-order valence-electron chi connectivity index (χ3n) is 4.19. The van der Waals surface area contributed by atoms with Gasteiger partial charge in [-0.2, -0.15) is 0 Å². The van der Waals surface area contributed by atoms with Crippen LogP contribution in [0.3, 0.4) is 0 Å². The van der Waals surface area contributed by atoms with E-state index in [1.54, 1.807) is 0 Å². The summed E-state index contributed by atoms with van der Waals surface area (Å²) in [6, 6.07) is 3.89. The fourth-order valence-electron chi connectivity index (χ4n) is 3.22. The van der Waals surface area contributed by atoms with Crippen molar-refractivity contribution in [3.05, 3.63) is 35.4 Å². The standard InChI is InChI=1S/C15H21F2N/c1-3-10-4-5-11(6-10)15(18-2)12-7-13(16)9-14(17)8-12/h7-11,15,18H,3-6H2,1-2H3. The van der Waals surface area contributed by atoms with Gasteiger partial charge in [0.05, 0.1) is 0 Å². The molecule has 0 saturated heterocycles. The van der Waals surface area contributed by atoms with E-state index in [0.717, 1.165) is 30.4 Å². The third kappa shape index (κ3) is 2.89. The largest absolute Gasteiger partial charge is 0.313 e. The lowest BCUT2D eigenvalue weighted by molar-refractivity contribution is 0.370. The highest BCUT2D eigenvalue weighted by molar-refractivity contribution is 5.22. The molecule has 0 aliphatic heterocycles. The molecule has 0 spiro atoms. The first kappa shape index (κ1) is 13.5. The Kier molecular flexibility index (Phi) is 4.33. The van der Waals surface area contributed by atoms with E-state index in [9.17, 15) is 8.78 Å². The monoisotopic (exact) mass is 253 g/mol. The van der Waals surface area contributed by atoms with Crippen molar-refractivity contribution in [3.63, 3.8) is 0 Å². The second kappa shape index (κ2) is 5.79. The van der Waals surface area contributed by atoms with E-state index in [1.807, 2.05) is 7.05 Å². The first-order valence-corrected chi connectivity index (χ1v) is 6.77. The van der Waals surface area contributed by atoms with E-state index in [1.165, 1.54) is 25.0 Å². The van der Waals surface area contributed by atoms with Crippen molar-refractivity contribution < 1.29 is 8.78 Å². The van der Waals surface area contributed by atoms with Crippen LogP contribution in [-0.2, 0) is 0 Å². The third-order valence-corrected chi connectivity index (χ3v) is 4.19. The molecule has 0 amide bonds. The Morgan fingerprint density at radius 1 is 1.22 bits per heavy atom. The lowest BCUT2D eigenvalue weighted by Gasteiger charge is -2.24. The molecule has 3 unspecified atom stereocenters. The van der Waals surface area contributed by atoms with Gasteiger partial charge < -0.3 is 5.32 Å². The van der Waals surface area contributed by atoms with Crippen LogP contribution in [-0.4, -0.2) is 7.05 Å². The predicted octanol–water partition coefficient (Wildman–Crippen LogP) is 4.05. The molecule has 1 aliphatic rings. The molecule has 0 heterocycles. The smallest absolute Gasteiger partial charge is 0.126 e. The highest BCUT2D eigenvalue weighted by atomic mass is 19.1. The molecule has 1 nitrogen and oxygen atoms in total. The number of hydrogen-bond acceptors (Lipinski definition) is 1. The summed E-state index contributed by atoms with van der Waals surface area (Å²) in [6.07, 6.45) is 4.73. The Labute approximate surface area is 108 Å². The van der Waals surface area contributed by atoms with E-state index >= 15 is 0 Å². The quantitative estimate of drug-likeness (QED) is 0.853. The fourth-order valence-corrected chi connectivity index (χ4v) is 3.22. The maximum absolute atomic E-state index is 13.3. The molecule has 1 aliphatic carbocycles. The van der Waals surface area contributed by atoms with Crippen molar-refractivity contribution in [2.45, 2.75) is 38.6 Å². The zero-order chi connectivity index (χ0) is 13.1. The molecule has 1 aromatic carbocycles. The molecule has 1 aromatic rings. The second-order valence-corrected chi connectivity index (χ2v) is 5.32. The molecule has 0 radical (unpaired) electrons. The van der Waals surface area contributed by atoms with Crippen molar-refractivity contribution in [2.24, 2.45) is 11.8 Å². The molecule has 100 valence electrons. The summed E-state index contributed by atoms with van der Waals surface area (Å²) in [5.74, 6) is 0.274. The van der Waals surface area contributed by atoms with Gasteiger partial charge in [-0.1, -0.05) is 19.8 Å². The van der Waals surface area contributed by atoms with Crippen LogP contribution in [0.5, 0.6) is 0 Å². The van der Waals surface area contributed by atoms with Crippen molar-refractivity contribution >= 4 is 0 Å². The minimum Gasteiger partial charge on any atom is -0.313 e. The van der Waals surface area contributed by atoms with Gasteiger partial charge in [0.2, 0.25) is 0 Å². The lowest BCUT2D eigenvalue weighted by atomic mass is 9.90. The van der Waals surface area contributed by atoms with E-state index < -0.39 is 11.6 Å². The number of rotatable bonds is 4. The van der Waals surface area contributed by atoms with Crippen molar-refractivity contribution in [1.82, 2.24) is 5.32 Å². The summed E-state index contributed by atoms with van der Waals surface area (Å²) in [4.78, 5) is 0. The van der Waals surface area contributed by atoms with Crippen LogP contribution < -0.4 is 5.32 Å². The number of nitrogens with one attached hydrogen (secondary N) is 1. The highest BCUT2D eigenvalue weighted by Gasteiger charge is 2.30. The molecule has 3 heteroatoms. The van der Waals surface area contributed by atoms with Crippen LogP contribution in [0.25, 0.3) is 0 Å². The molecule has 18 heavy (non-hydrogen) atoms. The maximum atomic E-state index is 13.3. The van der Waals surface area contributed by atoms with Crippen LogP contribution >= 0.6 is 0 Å². The molecular weight excluding hydrogens is 232 g/mol.